The van der Waals surface area contributed by atoms with E-state index in [2.05, 4.69) is 38.2 Å². The van der Waals surface area contributed by atoms with Crippen molar-refractivity contribution in [2.24, 2.45) is 0 Å². The molecule has 0 fully saturated rings. The molecule has 0 unspecified atom stereocenters. The van der Waals surface area contributed by atoms with Crippen LogP contribution in [-0.2, 0) is 0 Å². The summed E-state index contributed by atoms with van der Waals surface area (Å²) in [7, 11) is 0. The van der Waals surface area contributed by atoms with Crippen molar-refractivity contribution in [2.45, 2.75) is 174 Å². The molecule has 0 nitrogen and oxygen atoms in total. The summed E-state index contributed by atoms with van der Waals surface area (Å²) in [6.45, 7) is 4.59. The second-order valence-electron chi connectivity index (χ2n) is 9.82. The predicted molar refractivity (Wildman–Crippen MR) is 145 cm³/mol. The number of hydrogen-bond donors (Lipinski definition) is 0. The van der Waals surface area contributed by atoms with Gasteiger partial charge in [-0.1, -0.05) is 147 Å². The molecule has 0 aliphatic heterocycles. The molecular weight excluding hydrogens is 372 g/mol. The first kappa shape index (κ1) is 30.5. The van der Waals surface area contributed by atoms with E-state index in [0.29, 0.717) is 0 Å². The van der Waals surface area contributed by atoms with Crippen LogP contribution in [-0.4, -0.2) is 0 Å². The van der Waals surface area contributed by atoms with Crippen molar-refractivity contribution in [3.05, 3.63) is 24.3 Å². The Morgan fingerprint density at radius 2 is 0.452 bits per heavy atom. The van der Waals surface area contributed by atoms with Gasteiger partial charge >= 0.3 is 0 Å². The van der Waals surface area contributed by atoms with E-state index < -0.39 is 0 Å². The van der Waals surface area contributed by atoms with Crippen molar-refractivity contribution >= 4 is 0 Å². The zero-order chi connectivity index (χ0) is 22.5. The highest BCUT2D eigenvalue weighted by molar-refractivity contribution is 4.82. The Labute approximate surface area is 198 Å². The smallest absolute Gasteiger partial charge is 0.0351 e. The number of rotatable bonds is 26. The maximum Gasteiger partial charge on any atom is -0.0351 e. The third kappa shape index (κ3) is 29.5. The lowest BCUT2D eigenvalue weighted by molar-refractivity contribution is 0.570. The molecule has 184 valence electrons. The van der Waals surface area contributed by atoms with Crippen LogP contribution in [0.3, 0.4) is 0 Å². The quantitative estimate of drug-likeness (QED) is 0.0941. The molecular formula is C31H60. The van der Waals surface area contributed by atoms with Crippen molar-refractivity contribution in [1.29, 1.82) is 0 Å². The Hall–Kier alpha value is -0.520. The van der Waals surface area contributed by atoms with E-state index in [-0.39, 0.29) is 0 Å². The Morgan fingerprint density at radius 1 is 0.258 bits per heavy atom. The summed E-state index contributed by atoms with van der Waals surface area (Å²) in [6.07, 6.45) is 44.9. The predicted octanol–water partition coefficient (Wildman–Crippen LogP) is 11.9. The topological polar surface area (TPSA) is 0 Å². The van der Waals surface area contributed by atoms with Crippen LogP contribution >= 0.6 is 0 Å². The van der Waals surface area contributed by atoms with Gasteiger partial charge in [-0.15, -0.1) is 0 Å². The van der Waals surface area contributed by atoms with E-state index in [4.69, 9.17) is 0 Å². The van der Waals surface area contributed by atoms with Gasteiger partial charge in [0.25, 0.3) is 0 Å². The number of allylic oxidation sites excluding steroid dienone is 4. The fourth-order valence-electron chi connectivity index (χ4n) is 4.32. The van der Waals surface area contributed by atoms with Gasteiger partial charge in [0.15, 0.2) is 0 Å². The molecule has 0 saturated carbocycles. The van der Waals surface area contributed by atoms with Gasteiger partial charge in [0, 0.05) is 0 Å². The minimum absolute atomic E-state index is 1.30. The van der Waals surface area contributed by atoms with Crippen LogP contribution in [0.15, 0.2) is 24.3 Å². The van der Waals surface area contributed by atoms with Crippen LogP contribution in [0.1, 0.15) is 174 Å². The van der Waals surface area contributed by atoms with Gasteiger partial charge in [-0.3, -0.25) is 0 Å². The van der Waals surface area contributed by atoms with E-state index in [0.717, 1.165) is 0 Å². The first-order chi connectivity index (χ1) is 15.4. The third-order valence-corrected chi connectivity index (χ3v) is 6.52. The van der Waals surface area contributed by atoms with Crippen LogP contribution < -0.4 is 0 Å². The largest absolute Gasteiger partial charge is 0.0885 e. The van der Waals surface area contributed by atoms with E-state index >= 15 is 0 Å². The summed E-state index contributed by atoms with van der Waals surface area (Å²) in [5.41, 5.74) is 0. The van der Waals surface area contributed by atoms with Gasteiger partial charge < -0.3 is 0 Å². The highest BCUT2D eigenvalue weighted by Gasteiger charge is 1.93. The first-order valence-corrected chi connectivity index (χ1v) is 14.7. The normalized spacial score (nSPS) is 11.9. The van der Waals surface area contributed by atoms with Crippen LogP contribution in [0.25, 0.3) is 0 Å². The second kappa shape index (κ2) is 29.5. The molecule has 0 rings (SSSR count). The summed E-state index contributed by atoms with van der Waals surface area (Å²) in [5.74, 6) is 0. The maximum absolute atomic E-state index is 2.44. The van der Waals surface area contributed by atoms with E-state index in [1.807, 2.05) is 0 Å². The molecule has 0 radical (unpaired) electrons. The standard InChI is InChI=1S/C31H60/c1-3-5-7-9-11-13-15-17-19-21-23-25-27-29-31-30-28-26-24-22-20-18-16-14-12-10-8-6-4-2/h15,17,22,24H,3-14,16,18-21,23,25-31H2,1-2H3. The Morgan fingerprint density at radius 3 is 0.677 bits per heavy atom. The minimum Gasteiger partial charge on any atom is -0.0885 e. The zero-order valence-electron chi connectivity index (χ0n) is 22.0. The Kier molecular flexibility index (Phi) is 29.0. The molecule has 0 spiro atoms. The van der Waals surface area contributed by atoms with Crippen molar-refractivity contribution < 1.29 is 0 Å². The number of hydrogen-bond acceptors (Lipinski definition) is 0. The Balaban J connectivity index is 3.11. The fourth-order valence-corrected chi connectivity index (χ4v) is 4.32. The third-order valence-electron chi connectivity index (χ3n) is 6.52. The molecule has 0 heterocycles. The SMILES string of the molecule is CCCCCCCC=CCCCCCCCCCCC=CCCCCCCCCCC. The average Bonchev–Trinajstić information content (AvgIpc) is 2.78. The van der Waals surface area contributed by atoms with Crippen molar-refractivity contribution in [3.8, 4) is 0 Å². The first-order valence-electron chi connectivity index (χ1n) is 14.7. The molecule has 0 saturated heterocycles. The zero-order valence-corrected chi connectivity index (χ0v) is 22.0. The van der Waals surface area contributed by atoms with Gasteiger partial charge in [-0.2, -0.15) is 0 Å². The molecule has 0 aromatic carbocycles. The number of unbranched alkanes of at least 4 members (excludes halogenated alkanes) is 22. The lowest BCUT2D eigenvalue weighted by Crippen LogP contribution is -1.81. The van der Waals surface area contributed by atoms with Gasteiger partial charge in [0.2, 0.25) is 0 Å². The van der Waals surface area contributed by atoms with Crippen LogP contribution in [0.5, 0.6) is 0 Å². The van der Waals surface area contributed by atoms with Crippen molar-refractivity contribution in [3.63, 3.8) is 0 Å². The lowest BCUT2D eigenvalue weighted by Gasteiger charge is -2.01. The van der Waals surface area contributed by atoms with E-state index in [1.54, 1.807) is 0 Å². The minimum atomic E-state index is 1.30. The summed E-state index contributed by atoms with van der Waals surface area (Å²) >= 11 is 0. The van der Waals surface area contributed by atoms with Crippen LogP contribution in [0, 0.1) is 0 Å². The molecule has 0 aromatic rings. The lowest BCUT2D eigenvalue weighted by atomic mass is 10.1. The monoisotopic (exact) mass is 432 g/mol. The molecule has 0 amide bonds. The second-order valence-corrected chi connectivity index (χ2v) is 9.82. The van der Waals surface area contributed by atoms with E-state index in [9.17, 15) is 0 Å². The van der Waals surface area contributed by atoms with Crippen LogP contribution in [0.2, 0.25) is 0 Å². The molecule has 0 aromatic heterocycles. The van der Waals surface area contributed by atoms with E-state index in [1.165, 1.54) is 161 Å². The van der Waals surface area contributed by atoms with Gasteiger partial charge in [-0.05, 0) is 51.4 Å². The van der Waals surface area contributed by atoms with Crippen molar-refractivity contribution in [1.82, 2.24) is 0 Å². The summed E-state index contributed by atoms with van der Waals surface area (Å²) in [6, 6.07) is 0. The molecule has 0 atom stereocenters. The van der Waals surface area contributed by atoms with Gasteiger partial charge in [0.1, 0.15) is 0 Å². The summed E-state index contributed by atoms with van der Waals surface area (Å²) in [4.78, 5) is 0. The molecule has 0 N–H and O–H groups in total. The summed E-state index contributed by atoms with van der Waals surface area (Å²) < 4.78 is 0. The highest BCUT2D eigenvalue weighted by Crippen LogP contribution is 2.13. The maximum atomic E-state index is 2.44. The highest BCUT2D eigenvalue weighted by atomic mass is 14.0. The Bertz CT molecular complexity index is 351. The summed E-state index contributed by atoms with van der Waals surface area (Å²) in [5, 5.41) is 0. The van der Waals surface area contributed by atoms with Crippen molar-refractivity contribution in [2.75, 3.05) is 0 Å². The van der Waals surface area contributed by atoms with Gasteiger partial charge in [0.05, 0.1) is 0 Å². The molecule has 31 heavy (non-hydrogen) atoms. The van der Waals surface area contributed by atoms with Crippen LogP contribution in [0.4, 0.5) is 0 Å². The molecule has 0 aliphatic carbocycles. The molecule has 0 heteroatoms. The van der Waals surface area contributed by atoms with Gasteiger partial charge in [-0.25, -0.2) is 0 Å². The fraction of sp³-hybridized carbons (Fsp3) is 0.871. The molecule has 0 aliphatic rings. The molecule has 0 bridgehead atoms. The average molecular weight is 433 g/mol.